The lowest BCUT2D eigenvalue weighted by molar-refractivity contribution is -0.121. The van der Waals surface area contributed by atoms with E-state index in [2.05, 4.69) is 17.1 Å². The van der Waals surface area contributed by atoms with Crippen molar-refractivity contribution in [3.63, 3.8) is 0 Å². The summed E-state index contributed by atoms with van der Waals surface area (Å²) in [5.74, 6) is 0.163. The maximum atomic E-state index is 11.7. The number of hydrogen-bond donors (Lipinski definition) is 1. The number of carbonyl (C=O) groups is 1. The Morgan fingerprint density at radius 1 is 1.00 bits per heavy atom. The highest BCUT2D eigenvalue weighted by Crippen LogP contribution is 2.12. The van der Waals surface area contributed by atoms with Crippen LogP contribution in [-0.4, -0.2) is 24.8 Å². The minimum absolute atomic E-state index is 0.163. The van der Waals surface area contributed by atoms with E-state index < -0.39 is 0 Å². The van der Waals surface area contributed by atoms with Crippen LogP contribution in [0.2, 0.25) is 0 Å². The quantitative estimate of drug-likeness (QED) is 0.486. The average Bonchev–Trinajstić information content (AvgIpc) is 2.48. The molecule has 0 aromatic carbocycles. The predicted octanol–water partition coefficient (Wildman–Crippen LogP) is 3.97. The van der Waals surface area contributed by atoms with Crippen molar-refractivity contribution < 1.29 is 9.63 Å². The van der Waals surface area contributed by atoms with E-state index in [0.29, 0.717) is 19.6 Å². The van der Waals surface area contributed by atoms with Crippen LogP contribution >= 0.6 is 0 Å². The van der Waals surface area contributed by atoms with Crippen molar-refractivity contribution in [2.45, 2.75) is 70.6 Å². The molecule has 0 unspecified atom stereocenters. The van der Waals surface area contributed by atoms with Crippen LogP contribution in [-0.2, 0) is 9.63 Å². The van der Waals surface area contributed by atoms with Gasteiger partial charge >= 0.3 is 0 Å². The topological polar surface area (TPSA) is 50.7 Å². The van der Waals surface area contributed by atoms with Gasteiger partial charge in [-0.1, -0.05) is 56.3 Å². The molecule has 0 bridgehead atoms. The first-order valence-electron chi connectivity index (χ1n) is 8.38. The Morgan fingerprint density at radius 2 is 1.62 bits per heavy atom. The van der Waals surface area contributed by atoms with Crippen LogP contribution in [0, 0.1) is 0 Å². The van der Waals surface area contributed by atoms with Gasteiger partial charge < -0.3 is 10.2 Å². The first kappa shape index (κ1) is 17.7. The van der Waals surface area contributed by atoms with E-state index in [4.69, 9.17) is 4.84 Å². The van der Waals surface area contributed by atoms with E-state index in [-0.39, 0.29) is 5.91 Å². The van der Waals surface area contributed by atoms with Gasteiger partial charge in [0.05, 0.1) is 5.71 Å². The fourth-order valence-corrected chi connectivity index (χ4v) is 2.51. The number of amides is 1. The van der Waals surface area contributed by atoms with Gasteiger partial charge in [0.25, 0.3) is 0 Å². The zero-order valence-electron chi connectivity index (χ0n) is 13.2. The van der Waals surface area contributed by atoms with Crippen molar-refractivity contribution in [3.05, 3.63) is 12.7 Å². The van der Waals surface area contributed by atoms with Crippen LogP contribution in [0.15, 0.2) is 17.8 Å². The van der Waals surface area contributed by atoms with Gasteiger partial charge in [0.1, 0.15) is 6.61 Å². The first-order valence-corrected chi connectivity index (χ1v) is 8.38. The van der Waals surface area contributed by atoms with Gasteiger partial charge in [-0.05, 0) is 19.3 Å². The summed E-state index contributed by atoms with van der Waals surface area (Å²) in [6.07, 6.45) is 13.9. The summed E-state index contributed by atoms with van der Waals surface area (Å²) in [7, 11) is 0. The molecule has 0 radical (unpaired) electrons. The summed E-state index contributed by atoms with van der Waals surface area (Å²) in [6, 6.07) is 0. The molecule has 0 spiro atoms. The maximum absolute atomic E-state index is 11.7. The predicted molar refractivity (Wildman–Crippen MR) is 87.4 cm³/mol. The van der Waals surface area contributed by atoms with Crippen LogP contribution < -0.4 is 5.32 Å². The van der Waals surface area contributed by atoms with Crippen LogP contribution in [0.4, 0.5) is 0 Å². The second kappa shape index (κ2) is 12.4. The van der Waals surface area contributed by atoms with Gasteiger partial charge in [-0.25, -0.2) is 0 Å². The van der Waals surface area contributed by atoms with Crippen molar-refractivity contribution in [3.8, 4) is 0 Å². The molecule has 1 N–H and O–H groups in total. The molecule has 0 atom stereocenters. The normalized spacial score (nSPS) is 21.9. The van der Waals surface area contributed by atoms with Gasteiger partial charge in [0.15, 0.2) is 0 Å². The summed E-state index contributed by atoms with van der Waals surface area (Å²) < 4.78 is 0. The molecule has 1 fully saturated rings. The monoisotopic (exact) mass is 294 g/mol. The summed E-state index contributed by atoms with van der Waals surface area (Å²) in [6.45, 7) is 4.72. The summed E-state index contributed by atoms with van der Waals surface area (Å²) in [5.41, 5.74) is 1.05. The minimum Gasteiger partial charge on any atom is -0.392 e. The SMILES string of the molecule is C=CCO/N=C1/CCCCCCCCCCC(=O)NCC1. The standard InChI is InChI=1S/C17H30N2O2/c1-2-15-21-19-16-11-9-7-5-3-4-6-8-10-12-17(20)18-14-13-16/h2H,1,3-15H2,(H,18,20)/b19-16-. The zero-order valence-corrected chi connectivity index (χ0v) is 13.2. The van der Waals surface area contributed by atoms with Crippen molar-refractivity contribution >= 4 is 11.6 Å². The maximum Gasteiger partial charge on any atom is 0.220 e. The lowest BCUT2D eigenvalue weighted by Gasteiger charge is -2.08. The number of nitrogens with zero attached hydrogens (tertiary/aromatic N) is 1. The molecule has 1 amide bonds. The summed E-state index contributed by atoms with van der Waals surface area (Å²) >= 11 is 0. The molecule has 0 aliphatic carbocycles. The second-order valence-electron chi connectivity index (χ2n) is 5.67. The fourth-order valence-electron chi connectivity index (χ4n) is 2.51. The molecule has 4 nitrogen and oxygen atoms in total. The Kier molecular flexibility index (Phi) is 10.5. The molecule has 0 aromatic heterocycles. The van der Waals surface area contributed by atoms with E-state index in [1.807, 2.05) is 0 Å². The van der Waals surface area contributed by atoms with Crippen molar-refractivity contribution in [1.29, 1.82) is 0 Å². The molecule has 21 heavy (non-hydrogen) atoms. The molecule has 1 aliphatic heterocycles. The van der Waals surface area contributed by atoms with Gasteiger partial charge in [-0.15, -0.1) is 0 Å². The Bertz CT molecular complexity index is 327. The molecule has 4 heteroatoms. The van der Waals surface area contributed by atoms with Crippen LogP contribution in [0.5, 0.6) is 0 Å². The van der Waals surface area contributed by atoms with Crippen molar-refractivity contribution in [1.82, 2.24) is 5.32 Å². The molecule has 1 saturated heterocycles. The smallest absolute Gasteiger partial charge is 0.220 e. The first-order chi connectivity index (χ1) is 10.3. The Labute approximate surface area is 129 Å². The molecular formula is C17H30N2O2. The Balaban J connectivity index is 2.42. The molecule has 1 heterocycles. The van der Waals surface area contributed by atoms with Crippen molar-refractivity contribution in [2.24, 2.45) is 5.16 Å². The third-order valence-electron chi connectivity index (χ3n) is 3.74. The summed E-state index contributed by atoms with van der Waals surface area (Å²) in [4.78, 5) is 16.9. The van der Waals surface area contributed by atoms with Crippen LogP contribution in [0.25, 0.3) is 0 Å². The zero-order chi connectivity index (χ0) is 15.2. The van der Waals surface area contributed by atoms with Gasteiger partial charge in [0, 0.05) is 19.4 Å². The molecule has 1 aliphatic rings. The number of rotatable bonds is 3. The average molecular weight is 294 g/mol. The van der Waals surface area contributed by atoms with E-state index in [1.165, 1.54) is 38.5 Å². The number of hydrogen-bond acceptors (Lipinski definition) is 3. The van der Waals surface area contributed by atoms with Crippen LogP contribution in [0.1, 0.15) is 70.6 Å². The highest BCUT2D eigenvalue weighted by molar-refractivity contribution is 5.84. The Hall–Kier alpha value is -1.32. The molecule has 0 aromatic rings. The van der Waals surface area contributed by atoms with E-state index in [0.717, 1.165) is 31.4 Å². The fraction of sp³-hybridized carbons (Fsp3) is 0.765. The highest BCUT2D eigenvalue weighted by atomic mass is 16.6. The molecule has 1 rings (SSSR count). The third-order valence-corrected chi connectivity index (χ3v) is 3.74. The summed E-state index contributed by atoms with van der Waals surface area (Å²) in [5, 5.41) is 7.16. The molecular weight excluding hydrogens is 264 g/mol. The lowest BCUT2D eigenvalue weighted by atomic mass is 10.0. The molecule has 0 saturated carbocycles. The second-order valence-corrected chi connectivity index (χ2v) is 5.67. The highest BCUT2D eigenvalue weighted by Gasteiger charge is 2.05. The van der Waals surface area contributed by atoms with E-state index in [1.54, 1.807) is 6.08 Å². The van der Waals surface area contributed by atoms with Gasteiger partial charge in [-0.2, -0.15) is 0 Å². The number of nitrogens with one attached hydrogen (secondary N) is 1. The Morgan fingerprint density at radius 3 is 2.29 bits per heavy atom. The van der Waals surface area contributed by atoms with E-state index >= 15 is 0 Å². The number of carbonyl (C=O) groups excluding carboxylic acids is 1. The molecule has 120 valence electrons. The lowest BCUT2D eigenvalue weighted by Crippen LogP contribution is -2.25. The van der Waals surface area contributed by atoms with E-state index in [9.17, 15) is 4.79 Å². The van der Waals surface area contributed by atoms with Crippen molar-refractivity contribution in [2.75, 3.05) is 13.2 Å². The minimum atomic E-state index is 0.163. The number of oxime groups is 1. The van der Waals surface area contributed by atoms with Crippen LogP contribution in [0.3, 0.4) is 0 Å². The largest absolute Gasteiger partial charge is 0.392 e. The third kappa shape index (κ3) is 10.1. The van der Waals surface area contributed by atoms with Gasteiger partial charge in [-0.3, -0.25) is 4.79 Å². The van der Waals surface area contributed by atoms with Gasteiger partial charge in [0.2, 0.25) is 5.91 Å².